The molecule has 2 aromatic heterocycles. The van der Waals surface area contributed by atoms with Crippen LogP contribution in [-0.2, 0) is 11.3 Å². The number of hydrogen-bond donors (Lipinski definition) is 1. The van der Waals surface area contributed by atoms with Crippen molar-refractivity contribution in [3.8, 4) is 17.2 Å². The fourth-order valence-corrected chi connectivity index (χ4v) is 3.53. The van der Waals surface area contributed by atoms with E-state index in [0.29, 0.717) is 34.8 Å². The molecule has 7 heteroatoms. The first-order chi connectivity index (χ1) is 14.6. The van der Waals surface area contributed by atoms with Crippen molar-refractivity contribution >= 4 is 28.2 Å². The molecule has 0 unspecified atom stereocenters. The van der Waals surface area contributed by atoms with E-state index in [1.165, 1.54) is 0 Å². The van der Waals surface area contributed by atoms with Gasteiger partial charge in [-0.05, 0) is 42.6 Å². The lowest BCUT2D eigenvalue weighted by molar-refractivity contribution is -0.123. The van der Waals surface area contributed by atoms with E-state index in [1.54, 1.807) is 48.6 Å². The molecule has 0 spiro atoms. The van der Waals surface area contributed by atoms with Gasteiger partial charge in [0.25, 0.3) is 5.91 Å². The van der Waals surface area contributed by atoms with Crippen LogP contribution in [0.1, 0.15) is 10.6 Å². The molecule has 4 aromatic rings. The standard InChI is InChI=1S/C23H19NO5S/c1-15-23(29-16-6-3-2-4-7-16)22(26)19-10-9-17(12-20(19)28-15)27-14-21(25)24-13-18-8-5-11-30-18/h2-12H,13-14H2,1H3,(H,24,25). The zero-order valence-electron chi connectivity index (χ0n) is 16.2. The fourth-order valence-electron chi connectivity index (χ4n) is 2.88. The molecule has 0 aliphatic carbocycles. The number of nitrogens with one attached hydrogen (secondary N) is 1. The van der Waals surface area contributed by atoms with E-state index < -0.39 is 0 Å². The summed E-state index contributed by atoms with van der Waals surface area (Å²) < 4.78 is 17.1. The van der Waals surface area contributed by atoms with E-state index in [9.17, 15) is 9.59 Å². The van der Waals surface area contributed by atoms with Crippen LogP contribution in [0.2, 0.25) is 0 Å². The minimum Gasteiger partial charge on any atom is -0.484 e. The molecule has 2 aromatic carbocycles. The lowest BCUT2D eigenvalue weighted by Gasteiger charge is -2.10. The van der Waals surface area contributed by atoms with E-state index in [4.69, 9.17) is 13.9 Å². The van der Waals surface area contributed by atoms with Crippen LogP contribution in [0.15, 0.2) is 75.3 Å². The van der Waals surface area contributed by atoms with Crippen LogP contribution in [0.25, 0.3) is 11.0 Å². The van der Waals surface area contributed by atoms with Crippen molar-refractivity contribution in [2.45, 2.75) is 13.5 Å². The Hall–Kier alpha value is -3.58. The predicted molar refractivity (Wildman–Crippen MR) is 115 cm³/mol. The third-order valence-electron chi connectivity index (χ3n) is 4.36. The zero-order valence-corrected chi connectivity index (χ0v) is 17.0. The highest BCUT2D eigenvalue weighted by Gasteiger charge is 2.15. The summed E-state index contributed by atoms with van der Waals surface area (Å²) in [5.41, 5.74) is 0.104. The van der Waals surface area contributed by atoms with Crippen molar-refractivity contribution in [1.82, 2.24) is 5.32 Å². The van der Waals surface area contributed by atoms with Gasteiger partial charge in [-0.2, -0.15) is 0 Å². The van der Waals surface area contributed by atoms with E-state index in [1.807, 2.05) is 35.7 Å². The fraction of sp³-hybridized carbons (Fsp3) is 0.130. The Morgan fingerprint density at radius 1 is 1.07 bits per heavy atom. The summed E-state index contributed by atoms with van der Waals surface area (Å²) in [7, 11) is 0. The molecule has 0 saturated heterocycles. The maximum Gasteiger partial charge on any atom is 0.258 e. The molecule has 0 fully saturated rings. The maximum atomic E-state index is 12.8. The predicted octanol–water partition coefficient (Wildman–Crippen LogP) is 4.65. The van der Waals surface area contributed by atoms with Gasteiger partial charge in [0.1, 0.15) is 22.8 Å². The van der Waals surface area contributed by atoms with E-state index in [2.05, 4.69) is 5.32 Å². The number of ether oxygens (including phenoxy) is 2. The second-order valence-electron chi connectivity index (χ2n) is 6.53. The molecule has 30 heavy (non-hydrogen) atoms. The van der Waals surface area contributed by atoms with Crippen LogP contribution in [0.3, 0.4) is 0 Å². The summed E-state index contributed by atoms with van der Waals surface area (Å²) in [4.78, 5) is 25.9. The molecule has 2 heterocycles. The Morgan fingerprint density at radius 2 is 1.90 bits per heavy atom. The monoisotopic (exact) mass is 421 g/mol. The summed E-state index contributed by atoms with van der Waals surface area (Å²) in [6, 6.07) is 17.8. The smallest absolute Gasteiger partial charge is 0.258 e. The normalized spacial score (nSPS) is 10.7. The number of rotatable bonds is 7. The molecule has 152 valence electrons. The molecule has 0 bridgehead atoms. The quantitative estimate of drug-likeness (QED) is 0.470. The maximum absolute atomic E-state index is 12.8. The Bertz CT molecular complexity index is 1220. The molecular weight excluding hydrogens is 402 g/mol. The molecule has 0 saturated carbocycles. The molecular formula is C23H19NO5S. The van der Waals surface area contributed by atoms with Crippen molar-refractivity contribution in [3.63, 3.8) is 0 Å². The molecule has 0 aliphatic rings. The van der Waals surface area contributed by atoms with E-state index in [0.717, 1.165) is 4.88 Å². The molecule has 0 aliphatic heterocycles. The van der Waals surface area contributed by atoms with E-state index >= 15 is 0 Å². The van der Waals surface area contributed by atoms with Crippen molar-refractivity contribution in [2.24, 2.45) is 0 Å². The Balaban J connectivity index is 1.47. The number of carbonyl (C=O) groups excluding carboxylic acids is 1. The number of carbonyl (C=O) groups is 1. The summed E-state index contributed by atoms with van der Waals surface area (Å²) in [6.07, 6.45) is 0. The Labute approximate surface area is 176 Å². The number of para-hydroxylation sites is 1. The number of hydrogen-bond acceptors (Lipinski definition) is 6. The third-order valence-corrected chi connectivity index (χ3v) is 5.24. The molecule has 6 nitrogen and oxygen atoms in total. The molecule has 4 rings (SSSR count). The summed E-state index contributed by atoms with van der Waals surface area (Å²) in [5.74, 6) is 1.28. The minimum atomic E-state index is -0.266. The average Bonchev–Trinajstić information content (AvgIpc) is 3.28. The number of benzene rings is 2. The number of fused-ring (bicyclic) bond motifs is 1. The van der Waals surface area contributed by atoms with Crippen LogP contribution < -0.4 is 20.2 Å². The second-order valence-corrected chi connectivity index (χ2v) is 7.57. The molecule has 1 amide bonds. The second kappa shape index (κ2) is 8.84. The van der Waals surface area contributed by atoms with Crippen molar-refractivity contribution in [2.75, 3.05) is 6.61 Å². The number of thiophene rings is 1. The first kappa shape index (κ1) is 19.7. The number of amides is 1. The summed E-state index contributed by atoms with van der Waals surface area (Å²) >= 11 is 1.58. The van der Waals surface area contributed by atoms with Gasteiger partial charge in [0.2, 0.25) is 11.2 Å². The lowest BCUT2D eigenvalue weighted by atomic mass is 10.2. The highest BCUT2D eigenvalue weighted by molar-refractivity contribution is 7.09. The van der Waals surface area contributed by atoms with Gasteiger partial charge in [0.05, 0.1) is 11.9 Å². The van der Waals surface area contributed by atoms with Crippen LogP contribution in [0, 0.1) is 6.92 Å². The summed E-state index contributed by atoms with van der Waals surface area (Å²) in [5, 5.41) is 5.13. The van der Waals surface area contributed by atoms with Gasteiger partial charge in [-0.3, -0.25) is 9.59 Å². The molecule has 0 atom stereocenters. The first-order valence-corrected chi connectivity index (χ1v) is 10.2. The average molecular weight is 421 g/mol. The van der Waals surface area contributed by atoms with Gasteiger partial charge in [-0.25, -0.2) is 0 Å². The van der Waals surface area contributed by atoms with Gasteiger partial charge in [0.15, 0.2) is 6.61 Å². The van der Waals surface area contributed by atoms with Crippen LogP contribution in [0.5, 0.6) is 17.2 Å². The first-order valence-electron chi connectivity index (χ1n) is 9.32. The largest absolute Gasteiger partial charge is 0.484 e. The minimum absolute atomic E-state index is 0.130. The Kier molecular flexibility index (Phi) is 5.81. The van der Waals surface area contributed by atoms with Crippen molar-refractivity contribution in [1.29, 1.82) is 0 Å². The van der Waals surface area contributed by atoms with Gasteiger partial charge in [-0.15, -0.1) is 11.3 Å². The SMILES string of the molecule is Cc1oc2cc(OCC(=O)NCc3cccs3)ccc2c(=O)c1Oc1ccccc1. The van der Waals surface area contributed by atoms with Gasteiger partial charge < -0.3 is 19.2 Å². The highest BCUT2D eigenvalue weighted by atomic mass is 32.1. The van der Waals surface area contributed by atoms with Crippen molar-refractivity contribution < 1.29 is 18.7 Å². The molecule has 1 N–H and O–H groups in total. The van der Waals surface area contributed by atoms with Crippen molar-refractivity contribution in [3.05, 3.63) is 86.9 Å². The van der Waals surface area contributed by atoms with Crippen LogP contribution in [-0.4, -0.2) is 12.5 Å². The summed E-state index contributed by atoms with van der Waals surface area (Å²) in [6.45, 7) is 2.01. The highest BCUT2D eigenvalue weighted by Crippen LogP contribution is 2.27. The topological polar surface area (TPSA) is 77.8 Å². The van der Waals surface area contributed by atoms with E-state index in [-0.39, 0.29) is 23.7 Å². The number of aryl methyl sites for hydroxylation is 1. The lowest BCUT2D eigenvalue weighted by Crippen LogP contribution is -2.28. The van der Waals surface area contributed by atoms with Gasteiger partial charge in [0, 0.05) is 10.9 Å². The van der Waals surface area contributed by atoms with Gasteiger partial charge >= 0.3 is 0 Å². The third kappa shape index (κ3) is 4.52. The van der Waals surface area contributed by atoms with Crippen LogP contribution >= 0.6 is 11.3 Å². The molecule has 0 radical (unpaired) electrons. The zero-order chi connectivity index (χ0) is 20.9. The van der Waals surface area contributed by atoms with Gasteiger partial charge in [-0.1, -0.05) is 24.3 Å². The van der Waals surface area contributed by atoms with Crippen LogP contribution in [0.4, 0.5) is 0 Å². The Morgan fingerprint density at radius 3 is 2.67 bits per heavy atom.